The van der Waals surface area contributed by atoms with Crippen LogP contribution in [0, 0.1) is 6.92 Å². The molecule has 126 valence electrons. The normalized spacial score (nSPS) is 11.4. The van der Waals surface area contributed by atoms with Crippen LogP contribution in [0.5, 0.6) is 0 Å². The molecule has 1 heterocycles. The number of hydrogen-bond donors (Lipinski definition) is 1. The Kier molecular flexibility index (Phi) is 6.47. The van der Waals surface area contributed by atoms with Crippen LogP contribution in [0.3, 0.4) is 0 Å². The highest BCUT2D eigenvalue weighted by Crippen LogP contribution is 2.29. The molecular formula is C18H26IN3O. The molecule has 23 heavy (non-hydrogen) atoms. The highest BCUT2D eigenvalue weighted by Gasteiger charge is 2.14. The molecule has 1 amide bonds. The molecule has 0 saturated carbocycles. The highest BCUT2D eigenvalue weighted by atomic mass is 127. The molecule has 2 rings (SSSR count). The molecule has 0 bridgehead atoms. The molecule has 0 aliphatic carbocycles. The van der Waals surface area contributed by atoms with Crippen molar-refractivity contribution in [2.45, 2.75) is 34.1 Å². The Morgan fingerprint density at radius 1 is 1.26 bits per heavy atom. The van der Waals surface area contributed by atoms with Gasteiger partial charge in [0, 0.05) is 29.7 Å². The van der Waals surface area contributed by atoms with Crippen molar-refractivity contribution in [3.05, 3.63) is 35.0 Å². The first-order valence-electron chi connectivity index (χ1n) is 8.34. The minimum atomic E-state index is 0.0139. The summed E-state index contributed by atoms with van der Waals surface area (Å²) >= 11 is 2.32. The third-order valence-corrected chi connectivity index (χ3v) is 5.73. The van der Waals surface area contributed by atoms with Gasteiger partial charge < -0.3 is 10.2 Å². The molecule has 1 aromatic carbocycles. The van der Waals surface area contributed by atoms with Crippen LogP contribution in [0.25, 0.3) is 10.9 Å². The van der Waals surface area contributed by atoms with E-state index in [1.54, 1.807) is 0 Å². The number of amides is 1. The Hall–Kier alpha value is -1.08. The zero-order valence-electron chi connectivity index (χ0n) is 14.4. The van der Waals surface area contributed by atoms with E-state index in [0.29, 0.717) is 6.54 Å². The van der Waals surface area contributed by atoms with Crippen molar-refractivity contribution in [1.29, 1.82) is 0 Å². The third kappa shape index (κ3) is 3.88. The van der Waals surface area contributed by atoms with Crippen molar-refractivity contribution in [2.75, 3.05) is 26.2 Å². The molecule has 2 aromatic rings. The number of aromatic nitrogens is 1. The Bertz CT molecular complexity index is 689. The predicted octanol–water partition coefficient (Wildman–Crippen LogP) is 3.78. The van der Waals surface area contributed by atoms with E-state index < -0.39 is 0 Å². The molecule has 4 nitrogen and oxygen atoms in total. The molecule has 0 aliphatic heterocycles. The van der Waals surface area contributed by atoms with E-state index in [1.165, 1.54) is 22.2 Å². The summed E-state index contributed by atoms with van der Waals surface area (Å²) in [6, 6.07) is 6.00. The Balaban J connectivity index is 2.15. The summed E-state index contributed by atoms with van der Waals surface area (Å²) in [6.07, 6.45) is 0.978. The minimum absolute atomic E-state index is 0.0139. The zero-order valence-corrected chi connectivity index (χ0v) is 16.6. The lowest BCUT2D eigenvalue weighted by Gasteiger charge is -2.17. The van der Waals surface area contributed by atoms with Gasteiger partial charge in [0.25, 0.3) is 5.91 Å². The number of hydrogen-bond acceptors (Lipinski definition) is 2. The summed E-state index contributed by atoms with van der Waals surface area (Å²) in [5.74, 6) is 0.0139. The third-order valence-electron chi connectivity index (χ3n) is 4.49. The van der Waals surface area contributed by atoms with E-state index in [4.69, 9.17) is 0 Å². The molecule has 0 spiro atoms. The average molecular weight is 427 g/mol. The maximum Gasteiger partial charge on any atom is 0.251 e. The van der Waals surface area contributed by atoms with Gasteiger partial charge in [0.1, 0.15) is 0 Å². The Labute approximate surface area is 152 Å². The van der Waals surface area contributed by atoms with Crippen LogP contribution in [0.15, 0.2) is 18.2 Å². The first-order valence-corrected chi connectivity index (χ1v) is 9.30. The number of halogens is 1. The number of benzene rings is 1. The fourth-order valence-electron chi connectivity index (χ4n) is 3.00. The second kappa shape index (κ2) is 8.15. The van der Waals surface area contributed by atoms with Gasteiger partial charge >= 0.3 is 0 Å². The second-order valence-electron chi connectivity index (χ2n) is 5.71. The van der Waals surface area contributed by atoms with Crippen molar-refractivity contribution in [2.24, 2.45) is 0 Å². The van der Waals surface area contributed by atoms with Gasteiger partial charge in [0.2, 0.25) is 0 Å². The van der Waals surface area contributed by atoms with Gasteiger partial charge in [-0.05, 0) is 50.2 Å². The molecule has 0 atom stereocenters. The van der Waals surface area contributed by atoms with Crippen molar-refractivity contribution >= 4 is 39.7 Å². The molecule has 0 radical (unpaired) electrons. The van der Waals surface area contributed by atoms with E-state index in [1.807, 2.05) is 18.2 Å². The first kappa shape index (κ1) is 18.3. The molecule has 0 saturated heterocycles. The van der Waals surface area contributed by atoms with Gasteiger partial charge in [0.05, 0.1) is 28.4 Å². The largest absolute Gasteiger partial charge is 0.351 e. The Morgan fingerprint density at radius 2 is 1.96 bits per heavy atom. The summed E-state index contributed by atoms with van der Waals surface area (Å²) in [5.41, 5.74) is 4.52. The maximum absolute atomic E-state index is 12.4. The van der Waals surface area contributed by atoms with Crippen LogP contribution in [-0.4, -0.2) is 39.8 Å². The summed E-state index contributed by atoms with van der Waals surface area (Å²) < 4.78 is 2.17. The van der Waals surface area contributed by atoms with Gasteiger partial charge in [-0.3, -0.25) is 7.58 Å². The number of likely N-dealkylation sites (N-methyl/N-ethyl adjacent to an activating group) is 1. The smallest absolute Gasteiger partial charge is 0.251 e. The number of rotatable bonds is 7. The molecule has 1 N–H and O–H groups in total. The summed E-state index contributed by atoms with van der Waals surface area (Å²) in [4.78, 5) is 14.7. The number of aryl methyl sites for hydroxylation is 1. The fraction of sp³-hybridized carbons (Fsp3) is 0.500. The quantitative estimate of drug-likeness (QED) is 0.683. The van der Waals surface area contributed by atoms with Crippen LogP contribution < -0.4 is 5.32 Å². The average Bonchev–Trinajstić information content (AvgIpc) is 2.81. The molecular weight excluding hydrogens is 401 g/mol. The zero-order chi connectivity index (χ0) is 17.0. The summed E-state index contributed by atoms with van der Waals surface area (Å²) in [6.45, 7) is 12.2. The van der Waals surface area contributed by atoms with Gasteiger partial charge in [-0.1, -0.05) is 20.8 Å². The predicted molar refractivity (Wildman–Crippen MR) is 106 cm³/mol. The molecule has 1 aromatic heterocycles. The summed E-state index contributed by atoms with van der Waals surface area (Å²) in [7, 11) is 0. The van der Waals surface area contributed by atoms with Crippen molar-refractivity contribution in [3.8, 4) is 0 Å². The SMILES string of the molecule is CCc1c(C)n(I)c2ccc(C(=O)NCCN(CC)CC)cc12. The lowest BCUT2D eigenvalue weighted by atomic mass is 10.1. The molecule has 0 fully saturated rings. The van der Waals surface area contributed by atoms with E-state index in [0.717, 1.165) is 31.6 Å². The molecule has 0 unspecified atom stereocenters. The number of nitrogens with one attached hydrogen (secondary N) is 1. The van der Waals surface area contributed by atoms with E-state index >= 15 is 0 Å². The van der Waals surface area contributed by atoms with Crippen LogP contribution >= 0.6 is 22.9 Å². The fourth-order valence-corrected chi connectivity index (χ4v) is 3.71. The second-order valence-corrected chi connectivity index (χ2v) is 6.68. The Morgan fingerprint density at radius 3 is 2.57 bits per heavy atom. The van der Waals surface area contributed by atoms with Crippen molar-refractivity contribution in [1.82, 2.24) is 13.0 Å². The van der Waals surface area contributed by atoms with E-state index in [9.17, 15) is 4.79 Å². The van der Waals surface area contributed by atoms with Crippen molar-refractivity contribution < 1.29 is 4.79 Å². The summed E-state index contributed by atoms with van der Waals surface area (Å²) in [5, 5.41) is 4.22. The monoisotopic (exact) mass is 427 g/mol. The standard InChI is InChI=1S/C18H26IN3O/c1-5-15-13(4)22(19)17-9-8-14(12-16(15)17)18(23)20-10-11-21(6-2)7-3/h8-9,12H,5-7,10-11H2,1-4H3,(H,20,23). The topological polar surface area (TPSA) is 37.3 Å². The molecule has 5 heteroatoms. The highest BCUT2D eigenvalue weighted by molar-refractivity contribution is 14.1. The van der Waals surface area contributed by atoms with E-state index in [2.05, 4.69) is 63.6 Å². The van der Waals surface area contributed by atoms with Crippen LogP contribution in [0.1, 0.15) is 42.4 Å². The number of carbonyl (C=O) groups excluding carboxylic acids is 1. The van der Waals surface area contributed by atoms with Crippen molar-refractivity contribution in [3.63, 3.8) is 0 Å². The van der Waals surface area contributed by atoms with Gasteiger partial charge in [-0.2, -0.15) is 0 Å². The maximum atomic E-state index is 12.4. The molecule has 0 aliphatic rings. The van der Waals surface area contributed by atoms with Crippen LogP contribution in [-0.2, 0) is 6.42 Å². The van der Waals surface area contributed by atoms with Gasteiger partial charge in [-0.15, -0.1) is 0 Å². The van der Waals surface area contributed by atoms with Crippen LogP contribution in [0.2, 0.25) is 0 Å². The van der Waals surface area contributed by atoms with Gasteiger partial charge in [-0.25, -0.2) is 0 Å². The number of carbonyl (C=O) groups is 1. The number of fused-ring (bicyclic) bond motifs is 1. The lowest BCUT2D eigenvalue weighted by Crippen LogP contribution is -2.34. The lowest BCUT2D eigenvalue weighted by molar-refractivity contribution is 0.0949. The number of nitrogens with zero attached hydrogens (tertiary/aromatic N) is 2. The van der Waals surface area contributed by atoms with E-state index in [-0.39, 0.29) is 5.91 Å². The minimum Gasteiger partial charge on any atom is -0.351 e. The van der Waals surface area contributed by atoms with Crippen LogP contribution in [0.4, 0.5) is 0 Å². The first-order chi connectivity index (χ1) is 11.0. The van der Waals surface area contributed by atoms with Gasteiger partial charge in [0.15, 0.2) is 0 Å².